The molecule has 0 heterocycles. The molecule has 0 amide bonds. The number of aliphatic imine (C=N–C) groups is 1. The van der Waals surface area contributed by atoms with Gasteiger partial charge in [-0.3, -0.25) is 4.99 Å². The average molecular weight is 268 g/mol. The van der Waals surface area contributed by atoms with Crippen LogP contribution in [0.25, 0.3) is 0 Å². The van der Waals surface area contributed by atoms with E-state index in [2.05, 4.69) is 30.9 Å². The molecular weight excluding hydrogens is 247 g/mol. The van der Waals surface area contributed by atoms with Gasteiger partial charge in [0.05, 0.1) is 6.34 Å². The van der Waals surface area contributed by atoms with E-state index in [0.717, 1.165) is 18.7 Å². The van der Waals surface area contributed by atoms with Crippen LogP contribution in [0.2, 0.25) is 0 Å². The molecule has 0 aromatic heterocycles. The van der Waals surface area contributed by atoms with E-state index in [9.17, 15) is 0 Å². The summed E-state index contributed by atoms with van der Waals surface area (Å²) in [7, 11) is 1.66. The van der Waals surface area contributed by atoms with E-state index in [-0.39, 0.29) is 0 Å². The van der Waals surface area contributed by atoms with Crippen LogP contribution in [0.4, 0.5) is 0 Å². The predicted octanol–water partition coefficient (Wildman–Crippen LogP) is 3.27. The summed E-state index contributed by atoms with van der Waals surface area (Å²) in [5.74, 6) is 1.60. The van der Waals surface area contributed by atoms with Gasteiger partial charge in [0.2, 0.25) is 5.62 Å². The molecule has 0 aromatic carbocycles. The summed E-state index contributed by atoms with van der Waals surface area (Å²) in [6, 6.07) is 0. The SMILES string of the molecule is CCCSP(=S)(NC=NCC(C)C)OC. The Morgan fingerprint density at radius 1 is 1.60 bits per heavy atom. The fourth-order valence-corrected chi connectivity index (χ4v) is 4.42. The van der Waals surface area contributed by atoms with Crippen LogP contribution in [0.15, 0.2) is 4.99 Å². The smallest absolute Gasteiger partial charge is 0.210 e. The molecule has 1 unspecified atom stereocenters. The molecule has 0 saturated carbocycles. The normalized spacial score (nSPS) is 15.8. The molecule has 0 aliphatic carbocycles. The van der Waals surface area contributed by atoms with Crippen LogP contribution in [-0.4, -0.2) is 25.7 Å². The van der Waals surface area contributed by atoms with Gasteiger partial charge in [0.15, 0.2) is 0 Å². The standard InChI is InChI=1S/C9H21N2OPS2/c1-5-6-15-13(14,12-4)11-8-10-7-9(2)3/h8-9H,5-7H2,1-4H3,(H,10,11,14). The summed E-state index contributed by atoms with van der Waals surface area (Å²) in [5, 5.41) is 3.11. The third-order valence-corrected chi connectivity index (χ3v) is 7.37. The highest BCUT2D eigenvalue weighted by atomic mass is 32.9. The first kappa shape index (κ1) is 15.4. The Hall–Kier alpha value is 0.430. The monoisotopic (exact) mass is 268 g/mol. The van der Waals surface area contributed by atoms with E-state index < -0.39 is 5.62 Å². The van der Waals surface area contributed by atoms with Crippen LogP contribution in [-0.2, 0) is 16.3 Å². The second-order valence-electron chi connectivity index (χ2n) is 3.53. The first-order chi connectivity index (χ1) is 7.04. The van der Waals surface area contributed by atoms with Crippen molar-refractivity contribution in [2.45, 2.75) is 27.2 Å². The van der Waals surface area contributed by atoms with Gasteiger partial charge in [-0.15, -0.1) is 0 Å². The minimum absolute atomic E-state index is 0.576. The Morgan fingerprint density at radius 3 is 2.73 bits per heavy atom. The van der Waals surface area contributed by atoms with E-state index in [1.54, 1.807) is 24.8 Å². The van der Waals surface area contributed by atoms with Crippen molar-refractivity contribution in [2.75, 3.05) is 19.4 Å². The maximum atomic E-state index is 5.40. The summed E-state index contributed by atoms with van der Waals surface area (Å²) < 4.78 is 5.33. The maximum absolute atomic E-state index is 5.40. The van der Waals surface area contributed by atoms with Crippen molar-refractivity contribution in [1.82, 2.24) is 5.09 Å². The Labute approximate surface area is 102 Å². The molecule has 0 aromatic rings. The van der Waals surface area contributed by atoms with Gasteiger partial charge < -0.3 is 9.61 Å². The number of rotatable bonds is 8. The lowest BCUT2D eigenvalue weighted by Gasteiger charge is -2.18. The Bertz CT molecular complexity index is 234. The third kappa shape index (κ3) is 8.26. The van der Waals surface area contributed by atoms with Gasteiger partial charge in [-0.25, -0.2) is 0 Å². The minimum atomic E-state index is -1.93. The van der Waals surface area contributed by atoms with Gasteiger partial charge in [0.1, 0.15) is 0 Å². The van der Waals surface area contributed by atoms with Gasteiger partial charge in [-0.1, -0.05) is 32.2 Å². The number of nitrogens with one attached hydrogen (secondary N) is 1. The van der Waals surface area contributed by atoms with E-state index in [0.29, 0.717) is 5.92 Å². The Kier molecular flexibility index (Phi) is 8.81. The molecule has 90 valence electrons. The van der Waals surface area contributed by atoms with Crippen molar-refractivity contribution < 1.29 is 4.52 Å². The zero-order valence-electron chi connectivity index (χ0n) is 9.90. The summed E-state index contributed by atoms with van der Waals surface area (Å²) in [4.78, 5) is 4.24. The Balaban J connectivity index is 3.97. The van der Waals surface area contributed by atoms with E-state index in [4.69, 9.17) is 16.3 Å². The molecule has 6 heteroatoms. The molecule has 1 N–H and O–H groups in total. The average Bonchev–Trinajstić information content (AvgIpc) is 2.21. The zero-order valence-corrected chi connectivity index (χ0v) is 12.4. The lowest BCUT2D eigenvalue weighted by molar-refractivity contribution is 0.467. The van der Waals surface area contributed by atoms with E-state index >= 15 is 0 Å². The Morgan fingerprint density at radius 2 is 2.27 bits per heavy atom. The van der Waals surface area contributed by atoms with Crippen molar-refractivity contribution >= 4 is 35.1 Å². The lowest BCUT2D eigenvalue weighted by Crippen LogP contribution is -2.08. The second-order valence-corrected chi connectivity index (χ2v) is 10.4. The van der Waals surface area contributed by atoms with Crippen LogP contribution in [0.5, 0.6) is 0 Å². The highest BCUT2D eigenvalue weighted by molar-refractivity contribution is 8.68. The molecule has 0 saturated heterocycles. The van der Waals surface area contributed by atoms with Crippen molar-refractivity contribution in [2.24, 2.45) is 10.9 Å². The quantitative estimate of drug-likeness (QED) is 0.416. The predicted molar refractivity (Wildman–Crippen MR) is 75.4 cm³/mol. The molecule has 3 nitrogen and oxygen atoms in total. The number of nitrogens with zero attached hydrogens (tertiary/aromatic N) is 1. The molecule has 0 aliphatic heterocycles. The highest BCUT2D eigenvalue weighted by Crippen LogP contribution is 2.55. The largest absolute Gasteiger partial charge is 0.330 e. The van der Waals surface area contributed by atoms with Crippen LogP contribution in [0, 0.1) is 5.92 Å². The molecule has 0 rings (SSSR count). The van der Waals surface area contributed by atoms with Gasteiger partial charge in [-0.2, -0.15) is 0 Å². The van der Waals surface area contributed by atoms with Crippen molar-refractivity contribution in [3.05, 3.63) is 0 Å². The first-order valence-electron chi connectivity index (χ1n) is 5.10. The van der Waals surface area contributed by atoms with Crippen LogP contribution >= 0.6 is 17.0 Å². The molecule has 15 heavy (non-hydrogen) atoms. The molecular formula is C9H21N2OPS2. The molecule has 0 bridgehead atoms. The van der Waals surface area contributed by atoms with Crippen LogP contribution < -0.4 is 5.09 Å². The highest BCUT2D eigenvalue weighted by Gasteiger charge is 2.13. The van der Waals surface area contributed by atoms with Gasteiger partial charge >= 0.3 is 0 Å². The van der Waals surface area contributed by atoms with Crippen LogP contribution in [0.3, 0.4) is 0 Å². The van der Waals surface area contributed by atoms with Gasteiger partial charge in [-0.05, 0) is 24.1 Å². The fourth-order valence-electron chi connectivity index (χ4n) is 0.729. The summed E-state index contributed by atoms with van der Waals surface area (Å²) >= 11 is 7.08. The zero-order chi connectivity index (χ0) is 11.7. The molecule has 0 spiro atoms. The van der Waals surface area contributed by atoms with Gasteiger partial charge in [0, 0.05) is 19.4 Å². The van der Waals surface area contributed by atoms with Crippen molar-refractivity contribution in [3.63, 3.8) is 0 Å². The fraction of sp³-hybridized carbons (Fsp3) is 0.889. The van der Waals surface area contributed by atoms with Crippen LogP contribution in [0.1, 0.15) is 27.2 Å². The van der Waals surface area contributed by atoms with E-state index in [1.165, 1.54) is 0 Å². The van der Waals surface area contributed by atoms with E-state index in [1.807, 2.05) is 0 Å². The topological polar surface area (TPSA) is 33.6 Å². The molecule has 0 radical (unpaired) electrons. The van der Waals surface area contributed by atoms with Gasteiger partial charge in [0.25, 0.3) is 0 Å². The molecule has 1 atom stereocenters. The molecule has 0 aliphatic rings. The summed E-state index contributed by atoms with van der Waals surface area (Å²) in [5.41, 5.74) is -1.93. The second kappa shape index (κ2) is 8.57. The van der Waals surface area contributed by atoms with Crippen molar-refractivity contribution in [3.8, 4) is 0 Å². The molecule has 0 fully saturated rings. The number of hydrogen-bond donors (Lipinski definition) is 1. The first-order valence-corrected chi connectivity index (χ1v) is 9.41. The summed E-state index contributed by atoms with van der Waals surface area (Å²) in [6.45, 7) is 7.23. The van der Waals surface area contributed by atoms with Crippen molar-refractivity contribution in [1.29, 1.82) is 0 Å². The lowest BCUT2D eigenvalue weighted by atomic mass is 10.2. The maximum Gasteiger partial charge on any atom is 0.210 e. The number of hydrogen-bond acceptors (Lipinski definition) is 4. The minimum Gasteiger partial charge on any atom is -0.330 e. The third-order valence-electron chi connectivity index (χ3n) is 1.48. The summed E-state index contributed by atoms with van der Waals surface area (Å²) in [6.07, 6.45) is 2.81.